The molecule has 0 aromatic carbocycles. The summed E-state index contributed by atoms with van der Waals surface area (Å²) < 4.78 is 31.7. The highest BCUT2D eigenvalue weighted by atomic mass is 32.2. The van der Waals surface area contributed by atoms with Crippen molar-refractivity contribution in [1.29, 1.82) is 0 Å². The summed E-state index contributed by atoms with van der Waals surface area (Å²) in [5.74, 6) is 1.25. The Kier molecular flexibility index (Phi) is 3.64. The maximum atomic E-state index is 12.1. The van der Waals surface area contributed by atoms with Gasteiger partial charge in [0.1, 0.15) is 11.9 Å². The third kappa shape index (κ3) is 2.93. The monoisotopic (exact) mass is 297 g/mol. The Balaban J connectivity index is 1.56. The molecule has 1 aliphatic heterocycles. The van der Waals surface area contributed by atoms with Gasteiger partial charge in [0.25, 0.3) is 0 Å². The minimum absolute atomic E-state index is 0.0370. The molecule has 2 heterocycles. The summed E-state index contributed by atoms with van der Waals surface area (Å²) in [4.78, 5) is 8.23. The third-order valence-corrected chi connectivity index (χ3v) is 6.14. The summed E-state index contributed by atoms with van der Waals surface area (Å²) in [6.45, 7) is 2.92. The summed E-state index contributed by atoms with van der Waals surface area (Å²) in [6.07, 6.45) is 4.78. The maximum Gasteiger partial charge on any atom is 0.216 e. The van der Waals surface area contributed by atoms with Crippen molar-refractivity contribution in [3.8, 4) is 5.88 Å². The summed E-state index contributed by atoms with van der Waals surface area (Å²) in [6, 6.07) is 1.74. The van der Waals surface area contributed by atoms with Crippen molar-refractivity contribution < 1.29 is 13.2 Å². The van der Waals surface area contributed by atoms with Gasteiger partial charge in [-0.1, -0.05) is 0 Å². The largest absolute Gasteiger partial charge is 0.474 e. The molecule has 110 valence electrons. The summed E-state index contributed by atoms with van der Waals surface area (Å²) in [5, 5.41) is -0.121. The van der Waals surface area contributed by atoms with Crippen LogP contribution in [-0.2, 0) is 10.0 Å². The van der Waals surface area contributed by atoms with E-state index in [0.717, 1.165) is 25.7 Å². The van der Waals surface area contributed by atoms with Crippen molar-refractivity contribution in [2.75, 3.05) is 13.1 Å². The van der Waals surface area contributed by atoms with E-state index in [-0.39, 0.29) is 11.4 Å². The third-order valence-electron chi connectivity index (χ3n) is 3.74. The molecular weight excluding hydrogens is 278 g/mol. The summed E-state index contributed by atoms with van der Waals surface area (Å²) in [7, 11) is -3.04. The second-order valence-corrected chi connectivity index (χ2v) is 7.62. The highest BCUT2D eigenvalue weighted by molar-refractivity contribution is 7.90. The SMILES string of the molecule is Cc1nccc(OC2CCN(S(=O)(=O)C3CC3)CC2)n1. The number of ether oxygens (including phenoxy) is 1. The Labute approximate surface area is 119 Å². The molecule has 20 heavy (non-hydrogen) atoms. The first-order chi connectivity index (χ1) is 9.55. The molecule has 1 saturated heterocycles. The number of rotatable bonds is 4. The smallest absolute Gasteiger partial charge is 0.216 e. The molecule has 0 N–H and O–H groups in total. The van der Waals surface area contributed by atoms with Crippen LogP contribution in [0.2, 0.25) is 0 Å². The molecule has 2 fully saturated rings. The standard InChI is InChI=1S/C13H19N3O3S/c1-10-14-7-4-13(15-10)19-11-5-8-16(9-6-11)20(17,18)12-2-3-12/h4,7,11-12H,2-3,5-6,8-9H2,1H3. The number of piperidine rings is 1. The van der Waals surface area contributed by atoms with Crippen LogP contribution in [-0.4, -0.2) is 47.1 Å². The summed E-state index contributed by atoms with van der Waals surface area (Å²) >= 11 is 0. The molecule has 6 nitrogen and oxygen atoms in total. The van der Waals surface area contributed by atoms with Gasteiger partial charge < -0.3 is 4.74 Å². The molecule has 2 aliphatic rings. The van der Waals surface area contributed by atoms with Crippen LogP contribution in [0.1, 0.15) is 31.5 Å². The first kappa shape index (κ1) is 13.8. The number of aromatic nitrogens is 2. The predicted octanol–water partition coefficient (Wildman–Crippen LogP) is 1.12. The fourth-order valence-corrected chi connectivity index (χ4v) is 4.33. The van der Waals surface area contributed by atoms with Crippen LogP contribution in [0, 0.1) is 6.92 Å². The second-order valence-electron chi connectivity index (χ2n) is 5.40. The zero-order valence-electron chi connectivity index (χ0n) is 11.5. The molecule has 0 radical (unpaired) electrons. The van der Waals surface area contributed by atoms with Crippen LogP contribution in [0.25, 0.3) is 0 Å². The molecule has 1 saturated carbocycles. The second kappa shape index (κ2) is 5.29. The predicted molar refractivity (Wildman–Crippen MR) is 73.9 cm³/mol. The zero-order valence-corrected chi connectivity index (χ0v) is 12.3. The van der Waals surface area contributed by atoms with Crippen LogP contribution >= 0.6 is 0 Å². The lowest BCUT2D eigenvalue weighted by molar-refractivity contribution is 0.129. The molecule has 0 bridgehead atoms. The normalized spacial score (nSPS) is 21.9. The van der Waals surface area contributed by atoms with Crippen molar-refractivity contribution in [2.45, 2.75) is 44.0 Å². The number of hydrogen-bond acceptors (Lipinski definition) is 5. The average molecular weight is 297 g/mol. The van der Waals surface area contributed by atoms with Crippen LogP contribution in [0.4, 0.5) is 0 Å². The molecule has 1 aliphatic carbocycles. The average Bonchev–Trinajstić information content (AvgIpc) is 3.24. The van der Waals surface area contributed by atoms with E-state index in [2.05, 4.69) is 9.97 Å². The maximum absolute atomic E-state index is 12.1. The van der Waals surface area contributed by atoms with E-state index in [4.69, 9.17) is 4.74 Å². The first-order valence-electron chi connectivity index (χ1n) is 7.01. The van der Waals surface area contributed by atoms with Crippen molar-refractivity contribution >= 4 is 10.0 Å². The van der Waals surface area contributed by atoms with E-state index in [1.807, 2.05) is 6.92 Å². The van der Waals surface area contributed by atoms with Gasteiger partial charge in [0.15, 0.2) is 0 Å². The Morgan fingerprint density at radius 1 is 1.25 bits per heavy atom. The van der Waals surface area contributed by atoms with Gasteiger partial charge in [0, 0.05) is 25.4 Å². The molecule has 0 spiro atoms. The lowest BCUT2D eigenvalue weighted by atomic mass is 10.1. The van der Waals surface area contributed by atoms with E-state index in [1.54, 1.807) is 16.6 Å². The van der Waals surface area contributed by atoms with Gasteiger partial charge >= 0.3 is 0 Å². The minimum Gasteiger partial charge on any atom is -0.474 e. The molecule has 7 heteroatoms. The van der Waals surface area contributed by atoms with E-state index in [9.17, 15) is 8.42 Å². The topological polar surface area (TPSA) is 72.4 Å². The number of aryl methyl sites for hydroxylation is 1. The fraction of sp³-hybridized carbons (Fsp3) is 0.692. The Hall–Kier alpha value is -1.21. The fourth-order valence-electron chi connectivity index (χ4n) is 2.45. The van der Waals surface area contributed by atoms with Gasteiger partial charge in [-0.25, -0.2) is 17.7 Å². The number of nitrogens with zero attached hydrogens (tertiary/aromatic N) is 3. The molecule has 1 aromatic heterocycles. The van der Waals surface area contributed by atoms with Crippen LogP contribution in [0.3, 0.4) is 0 Å². The van der Waals surface area contributed by atoms with Crippen molar-refractivity contribution in [3.63, 3.8) is 0 Å². The van der Waals surface area contributed by atoms with Crippen LogP contribution in [0.15, 0.2) is 12.3 Å². The lowest BCUT2D eigenvalue weighted by Gasteiger charge is -2.31. The van der Waals surface area contributed by atoms with Gasteiger partial charge in [0.05, 0.1) is 5.25 Å². The van der Waals surface area contributed by atoms with E-state index < -0.39 is 10.0 Å². The van der Waals surface area contributed by atoms with Gasteiger partial charge in [-0.15, -0.1) is 0 Å². The van der Waals surface area contributed by atoms with Crippen molar-refractivity contribution in [1.82, 2.24) is 14.3 Å². The molecule has 0 amide bonds. The van der Waals surface area contributed by atoms with E-state index in [0.29, 0.717) is 24.8 Å². The van der Waals surface area contributed by atoms with Crippen LogP contribution < -0.4 is 4.74 Å². The Bertz CT molecular complexity index is 578. The molecule has 1 aromatic rings. The molecule has 3 rings (SSSR count). The lowest BCUT2D eigenvalue weighted by Crippen LogP contribution is -2.43. The zero-order chi connectivity index (χ0) is 14.2. The quantitative estimate of drug-likeness (QED) is 0.832. The number of sulfonamides is 1. The van der Waals surface area contributed by atoms with Gasteiger partial charge in [-0.2, -0.15) is 4.98 Å². The van der Waals surface area contributed by atoms with Crippen LogP contribution in [0.5, 0.6) is 5.88 Å². The molecule has 0 unspecified atom stereocenters. The first-order valence-corrected chi connectivity index (χ1v) is 8.51. The molecular formula is C13H19N3O3S. The highest BCUT2D eigenvalue weighted by Crippen LogP contribution is 2.32. The highest BCUT2D eigenvalue weighted by Gasteiger charge is 2.41. The van der Waals surface area contributed by atoms with E-state index in [1.165, 1.54) is 0 Å². The minimum atomic E-state index is -3.04. The van der Waals surface area contributed by atoms with Gasteiger partial charge in [-0.3, -0.25) is 0 Å². The number of hydrogen-bond donors (Lipinski definition) is 0. The van der Waals surface area contributed by atoms with E-state index >= 15 is 0 Å². The van der Waals surface area contributed by atoms with Gasteiger partial charge in [0.2, 0.25) is 15.9 Å². The summed E-state index contributed by atoms with van der Waals surface area (Å²) in [5.41, 5.74) is 0. The van der Waals surface area contributed by atoms with Crippen molar-refractivity contribution in [2.24, 2.45) is 0 Å². The van der Waals surface area contributed by atoms with Gasteiger partial charge in [-0.05, 0) is 32.6 Å². The molecule has 0 atom stereocenters. The van der Waals surface area contributed by atoms with Crippen molar-refractivity contribution in [3.05, 3.63) is 18.1 Å². The Morgan fingerprint density at radius 3 is 2.55 bits per heavy atom. The Morgan fingerprint density at radius 2 is 1.95 bits per heavy atom.